The standard InChI is InChI=1S/C18H17NO3Se/c1-21-15-9-11(10-16(23-3)18(15)22-2)17(20)13-5-4-6-14-12(13)7-8-19-14/h4-10,19H,1-3H3. The van der Waals surface area contributed by atoms with Crippen LogP contribution in [-0.2, 0) is 0 Å². The topological polar surface area (TPSA) is 51.3 Å². The van der Waals surface area contributed by atoms with Crippen molar-refractivity contribution in [3.8, 4) is 11.5 Å². The predicted octanol–water partition coefficient (Wildman–Crippen LogP) is 2.79. The van der Waals surface area contributed by atoms with Crippen molar-refractivity contribution in [1.82, 2.24) is 4.98 Å². The number of fused-ring (bicyclic) bond motifs is 1. The van der Waals surface area contributed by atoms with Crippen LogP contribution >= 0.6 is 0 Å². The first kappa shape index (κ1) is 15.7. The molecule has 0 spiro atoms. The van der Waals surface area contributed by atoms with Crippen LogP contribution in [0.2, 0.25) is 5.82 Å². The Hall–Kier alpha value is -2.23. The Balaban J connectivity index is 2.14. The molecule has 0 bridgehead atoms. The average Bonchev–Trinajstić information content (AvgIpc) is 3.08. The van der Waals surface area contributed by atoms with E-state index in [2.05, 4.69) is 10.8 Å². The van der Waals surface area contributed by atoms with Crippen LogP contribution in [0, 0.1) is 0 Å². The van der Waals surface area contributed by atoms with Crippen LogP contribution < -0.4 is 13.9 Å². The zero-order chi connectivity index (χ0) is 16.4. The minimum absolute atomic E-state index is 0.0124. The fourth-order valence-electron chi connectivity index (χ4n) is 2.65. The Morgan fingerprint density at radius 3 is 2.65 bits per heavy atom. The normalized spacial score (nSPS) is 10.7. The molecule has 0 amide bonds. The van der Waals surface area contributed by atoms with E-state index in [0.717, 1.165) is 15.4 Å². The molecule has 3 aromatic rings. The van der Waals surface area contributed by atoms with E-state index in [1.54, 1.807) is 20.3 Å². The van der Waals surface area contributed by atoms with E-state index in [1.165, 1.54) is 0 Å². The number of benzene rings is 2. The zero-order valence-electron chi connectivity index (χ0n) is 13.2. The number of nitrogens with one attached hydrogen (secondary N) is 1. The van der Waals surface area contributed by atoms with Gasteiger partial charge in [0.2, 0.25) is 0 Å². The van der Waals surface area contributed by atoms with Crippen LogP contribution in [0.25, 0.3) is 10.9 Å². The van der Waals surface area contributed by atoms with Crippen molar-refractivity contribution >= 4 is 36.1 Å². The van der Waals surface area contributed by atoms with E-state index >= 15 is 0 Å². The molecule has 0 aliphatic heterocycles. The van der Waals surface area contributed by atoms with E-state index in [1.807, 2.05) is 36.5 Å². The molecule has 23 heavy (non-hydrogen) atoms. The molecule has 0 fully saturated rings. The van der Waals surface area contributed by atoms with Gasteiger partial charge in [-0.25, -0.2) is 0 Å². The molecule has 0 saturated carbocycles. The molecule has 0 atom stereocenters. The van der Waals surface area contributed by atoms with Crippen molar-refractivity contribution in [2.75, 3.05) is 14.2 Å². The maximum absolute atomic E-state index is 13.0. The summed E-state index contributed by atoms with van der Waals surface area (Å²) in [5.74, 6) is 3.39. The maximum atomic E-state index is 13.0. The second-order valence-corrected chi connectivity index (χ2v) is 6.77. The Morgan fingerprint density at radius 1 is 1.13 bits per heavy atom. The van der Waals surface area contributed by atoms with Gasteiger partial charge in [0.1, 0.15) is 0 Å². The van der Waals surface area contributed by atoms with E-state index in [0.29, 0.717) is 22.6 Å². The van der Waals surface area contributed by atoms with E-state index in [9.17, 15) is 4.79 Å². The number of ether oxygens (including phenoxy) is 2. The molecule has 1 heterocycles. The molecule has 1 N–H and O–H groups in total. The number of carbonyl (C=O) groups is 1. The van der Waals surface area contributed by atoms with Crippen molar-refractivity contribution in [2.24, 2.45) is 0 Å². The number of methoxy groups -OCH3 is 2. The fourth-order valence-corrected chi connectivity index (χ4v) is 3.94. The summed E-state index contributed by atoms with van der Waals surface area (Å²) < 4.78 is 11.9. The second kappa shape index (κ2) is 6.49. The average molecular weight is 374 g/mol. The van der Waals surface area contributed by atoms with Crippen molar-refractivity contribution in [3.63, 3.8) is 0 Å². The van der Waals surface area contributed by atoms with E-state index in [4.69, 9.17) is 9.47 Å². The van der Waals surface area contributed by atoms with E-state index in [-0.39, 0.29) is 20.7 Å². The van der Waals surface area contributed by atoms with Crippen LogP contribution in [0.15, 0.2) is 42.6 Å². The molecule has 5 heteroatoms. The van der Waals surface area contributed by atoms with Crippen molar-refractivity contribution in [1.29, 1.82) is 0 Å². The van der Waals surface area contributed by atoms with Gasteiger partial charge in [-0.3, -0.25) is 0 Å². The Morgan fingerprint density at radius 2 is 1.96 bits per heavy atom. The second-order valence-electron chi connectivity index (χ2n) is 4.99. The summed E-state index contributed by atoms with van der Waals surface area (Å²) in [6.45, 7) is 0. The Labute approximate surface area is 141 Å². The van der Waals surface area contributed by atoms with Crippen LogP contribution in [0.1, 0.15) is 15.9 Å². The number of ketones is 1. The summed E-state index contributed by atoms with van der Waals surface area (Å²) in [5.41, 5.74) is 2.26. The summed E-state index contributed by atoms with van der Waals surface area (Å²) >= 11 is 0.189. The van der Waals surface area contributed by atoms with Gasteiger partial charge in [-0.05, 0) is 0 Å². The molecule has 0 unspecified atom stereocenters. The van der Waals surface area contributed by atoms with Gasteiger partial charge in [-0.1, -0.05) is 0 Å². The third kappa shape index (κ3) is 2.74. The number of aromatic nitrogens is 1. The number of hydrogen-bond acceptors (Lipinski definition) is 3. The van der Waals surface area contributed by atoms with Gasteiger partial charge in [0.05, 0.1) is 0 Å². The first-order valence-electron chi connectivity index (χ1n) is 7.10. The molecule has 0 saturated heterocycles. The predicted molar refractivity (Wildman–Crippen MR) is 92.5 cm³/mol. The van der Waals surface area contributed by atoms with Crippen LogP contribution in [0.5, 0.6) is 11.5 Å². The monoisotopic (exact) mass is 375 g/mol. The third-order valence-electron chi connectivity index (χ3n) is 3.77. The van der Waals surface area contributed by atoms with Gasteiger partial charge in [-0.15, -0.1) is 0 Å². The number of H-pyrrole nitrogens is 1. The summed E-state index contributed by atoms with van der Waals surface area (Å²) in [4.78, 5) is 16.1. The summed E-state index contributed by atoms with van der Waals surface area (Å²) in [6, 6.07) is 11.3. The number of rotatable bonds is 5. The molecular formula is C18H17NO3Se. The van der Waals surface area contributed by atoms with Gasteiger partial charge in [-0.2, -0.15) is 0 Å². The van der Waals surface area contributed by atoms with Crippen LogP contribution in [0.4, 0.5) is 0 Å². The number of hydrogen-bond donors (Lipinski definition) is 1. The van der Waals surface area contributed by atoms with Gasteiger partial charge < -0.3 is 0 Å². The molecule has 4 nitrogen and oxygen atoms in total. The fraction of sp³-hybridized carbons (Fsp3) is 0.167. The molecule has 0 aliphatic carbocycles. The van der Waals surface area contributed by atoms with E-state index < -0.39 is 0 Å². The molecule has 0 aliphatic rings. The summed E-state index contributed by atoms with van der Waals surface area (Å²) in [5, 5.41) is 0.927. The number of aromatic amines is 1. The SMILES string of the molecule is COc1cc(C(=O)c2cccc3[nH]ccc23)cc([Se]C)c1OC. The molecule has 0 radical (unpaired) electrons. The molecule has 1 aromatic heterocycles. The van der Waals surface area contributed by atoms with Crippen molar-refractivity contribution < 1.29 is 14.3 Å². The Bertz CT molecular complexity index is 845. The quantitative estimate of drug-likeness (QED) is 0.552. The van der Waals surface area contributed by atoms with Crippen LogP contribution in [0.3, 0.4) is 0 Å². The Kier molecular flexibility index (Phi) is 4.42. The summed E-state index contributed by atoms with van der Waals surface area (Å²) in [7, 11) is 3.21. The third-order valence-corrected chi connectivity index (χ3v) is 5.33. The molecule has 3 rings (SSSR count). The minimum atomic E-state index is -0.0124. The molecule has 118 valence electrons. The molecule has 2 aromatic carbocycles. The molecular weight excluding hydrogens is 357 g/mol. The van der Waals surface area contributed by atoms with Gasteiger partial charge in [0, 0.05) is 0 Å². The van der Waals surface area contributed by atoms with Crippen molar-refractivity contribution in [2.45, 2.75) is 5.82 Å². The van der Waals surface area contributed by atoms with Gasteiger partial charge in [0.25, 0.3) is 0 Å². The first-order chi connectivity index (χ1) is 11.2. The zero-order valence-corrected chi connectivity index (χ0v) is 14.9. The van der Waals surface area contributed by atoms with Gasteiger partial charge >= 0.3 is 141 Å². The summed E-state index contributed by atoms with van der Waals surface area (Å²) in [6.07, 6.45) is 1.84. The van der Waals surface area contributed by atoms with Crippen LogP contribution in [-0.4, -0.2) is 39.9 Å². The van der Waals surface area contributed by atoms with Crippen molar-refractivity contribution in [3.05, 3.63) is 53.7 Å². The first-order valence-corrected chi connectivity index (χ1v) is 9.67. The van der Waals surface area contributed by atoms with Gasteiger partial charge in [0.15, 0.2) is 0 Å². The number of carbonyl (C=O) groups excluding carboxylic acids is 1.